The van der Waals surface area contributed by atoms with Gasteiger partial charge >= 0.3 is 8.80 Å². The van der Waals surface area contributed by atoms with Crippen LogP contribution >= 0.6 is 12.6 Å². The fourth-order valence-electron chi connectivity index (χ4n) is 1.31. The van der Waals surface area contributed by atoms with Crippen molar-refractivity contribution in [1.82, 2.24) is 0 Å². The van der Waals surface area contributed by atoms with Crippen LogP contribution in [0.4, 0.5) is 0 Å². The predicted molar refractivity (Wildman–Crippen MR) is 70.3 cm³/mol. The Hall–Kier alpha value is -0.0631. The van der Waals surface area contributed by atoms with Gasteiger partial charge in [0.05, 0.1) is 0 Å². The molecular formula is C10H23NO3SSi. The van der Waals surface area contributed by atoms with E-state index in [1.807, 2.05) is 20.8 Å². The second-order valence-corrected chi connectivity index (χ2v) is 5.76. The molecule has 0 saturated heterocycles. The number of thiocyanates is 1. The monoisotopic (exact) mass is 265 g/mol. The number of hydrogen-bond donors (Lipinski definition) is 1. The van der Waals surface area contributed by atoms with Crippen molar-refractivity contribution in [3.63, 3.8) is 0 Å². The van der Waals surface area contributed by atoms with Crippen molar-refractivity contribution in [2.75, 3.05) is 19.8 Å². The molecule has 4 nitrogen and oxygen atoms in total. The fourth-order valence-corrected chi connectivity index (χ4v) is 3.92. The SMILES string of the molecule is CCC[Si](OCC)(OCC)OCC.N#CS. The third-order valence-corrected chi connectivity index (χ3v) is 4.95. The molecule has 0 amide bonds. The Balaban J connectivity index is 0. The Morgan fingerprint density at radius 1 is 1.00 bits per heavy atom. The van der Waals surface area contributed by atoms with Crippen LogP contribution in [-0.2, 0) is 13.3 Å². The molecule has 0 aliphatic rings. The van der Waals surface area contributed by atoms with Crippen LogP contribution in [0, 0.1) is 10.7 Å². The molecule has 0 aliphatic heterocycles. The van der Waals surface area contributed by atoms with E-state index < -0.39 is 8.80 Å². The van der Waals surface area contributed by atoms with E-state index in [2.05, 4.69) is 19.6 Å². The summed E-state index contributed by atoms with van der Waals surface area (Å²) in [6.45, 7) is 10.1. The van der Waals surface area contributed by atoms with E-state index in [1.165, 1.54) is 5.40 Å². The first-order chi connectivity index (χ1) is 7.66. The van der Waals surface area contributed by atoms with Gasteiger partial charge in [0.1, 0.15) is 5.40 Å². The summed E-state index contributed by atoms with van der Waals surface area (Å²) < 4.78 is 16.9. The van der Waals surface area contributed by atoms with Gasteiger partial charge in [0.2, 0.25) is 0 Å². The lowest BCUT2D eigenvalue weighted by Crippen LogP contribution is -2.45. The molecule has 0 atom stereocenters. The minimum atomic E-state index is -2.30. The summed E-state index contributed by atoms with van der Waals surface area (Å²) in [6, 6.07) is 0.919. The Kier molecular flexibility index (Phi) is 14.9. The van der Waals surface area contributed by atoms with Crippen LogP contribution in [0.1, 0.15) is 34.1 Å². The average Bonchev–Trinajstić information content (AvgIpc) is 2.20. The Morgan fingerprint density at radius 2 is 1.31 bits per heavy atom. The highest BCUT2D eigenvalue weighted by Gasteiger charge is 2.38. The first-order valence-electron chi connectivity index (χ1n) is 5.61. The number of thiol groups is 1. The van der Waals surface area contributed by atoms with Crippen LogP contribution in [0.25, 0.3) is 0 Å². The van der Waals surface area contributed by atoms with E-state index in [-0.39, 0.29) is 0 Å². The summed E-state index contributed by atoms with van der Waals surface area (Å²) in [5, 5.41) is 8.63. The van der Waals surface area contributed by atoms with Crippen molar-refractivity contribution in [3.8, 4) is 5.40 Å². The largest absolute Gasteiger partial charge is 0.500 e. The number of nitrogens with zero attached hydrogens (tertiary/aromatic N) is 1. The first kappa shape index (κ1) is 18.3. The summed E-state index contributed by atoms with van der Waals surface area (Å²) in [7, 11) is -2.30. The summed E-state index contributed by atoms with van der Waals surface area (Å²) in [5.41, 5.74) is 0. The lowest BCUT2D eigenvalue weighted by molar-refractivity contribution is 0.0712. The van der Waals surface area contributed by atoms with Gasteiger partial charge < -0.3 is 13.3 Å². The van der Waals surface area contributed by atoms with Crippen molar-refractivity contribution in [3.05, 3.63) is 0 Å². The Labute approximate surface area is 106 Å². The standard InChI is InChI=1S/C9H22O3Si.CHNS/c1-5-9-13(10-6-2,11-7-3)12-8-4;2-1-3/h5-9H2,1-4H3;3H. The van der Waals surface area contributed by atoms with E-state index in [4.69, 9.17) is 18.5 Å². The van der Waals surface area contributed by atoms with E-state index >= 15 is 0 Å². The van der Waals surface area contributed by atoms with E-state index in [0.717, 1.165) is 12.5 Å². The van der Waals surface area contributed by atoms with Gasteiger partial charge in [-0.25, -0.2) is 0 Å². The summed E-state index contributed by atoms with van der Waals surface area (Å²) in [4.78, 5) is 0. The van der Waals surface area contributed by atoms with E-state index in [0.29, 0.717) is 19.8 Å². The lowest BCUT2D eigenvalue weighted by Gasteiger charge is -2.27. The second kappa shape index (κ2) is 13.0. The second-order valence-electron chi connectivity index (χ2n) is 2.83. The smallest absolute Gasteiger partial charge is 0.374 e. The molecule has 0 rings (SSSR count). The summed E-state index contributed by atoms with van der Waals surface area (Å²) in [5.74, 6) is 0. The van der Waals surface area contributed by atoms with Gasteiger partial charge in [0.25, 0.3) is 0 Å². The van der Waals surface area contributed by atoms with Crippen LogP contribution in [0.5, 0.6) is 0 Å². The topological polar surface area (TPSA) is 51.5 Å². The molecule has 6 heteroatoms. The minimum Gasteiger partial charge on any atom is -0.374 e. The molecule has 0 saturated carbocycles. The molecule has 0 bridgehead atoms. The highest BCUT2D eigenvalue weighted by Crippen LogP contribution is 2.17. The third kappa shape index (κ3) is 9.18. The van der Waals surface area contributed by atoms with Crippen LogP contribution in [0.3, 0.4) is 0 Å². The molecule has 0 aromatic carbocycles. The zero-order chi connectivity index (χ0) is 12.9. The van der Waals surface area contributed by atoms with Gasteiger partial charge in [0, 0.05) is 25.9 Å². The average molecular weight is 265 g/mol. The van der Waals surface area contributed by atoms with Gasteiger partial charge in [-0.3, -0.25) is 0 Å². The Bertz CT molecular complexity index is 158. The molecule has 0 spiro atoms. The highest BCUT2D eigenvalue weighted by molar-refractivity contribution is 7.85. The molecule has 16 heavy (non-hydrogen) atoms. The molecule has 0 fully saturated rings. The summed E-state index contributed by atoms with van der Waals surface area (Å²) in [6.07, 6.45) is 1.05. The molecule has 0 radical (unpaired) electrons. The van der Waals surface area contributed by atoms with E-state index in [1.54, 1.807) is 0 Å². The molecule has 0 N–H and O–H groups in total. The van der Waals surface area contributed by atoms with Gasteiger partial charge in [0.15, 0.2) is 0 Å². The van der Waals surface area contributed by atoms with Gasteiger partial charge in [-0.2, -0.15) is 5.26 Å². The third-order valence-electron chi connectivity index (χ3n) is 1.65. The van der Waals surface area contributed by atoms with Crippen LogP contribution < -0.4 is 0 Å². The zero-order valence-electron chi connectivity index (χ0n) is 10.7. The maximum Gasteiger partial charge on any atom is 0.500 e. The van der Waals surface area contributed by atoms with Gasteiger partial charge in [-0.15, -0.1) is 0 Å². The van der Waals surface area contributed by atoms with Crippen molar-refractivity contribution >= 4 is 21.4 Å². The van der Waals surface area contributed by atoms with Gasteiger partial charge in [-0.05, 0) is 20.8 Å². The van der Waals surface area contributed by atoms with E-state index in [9.17, 15) is 0 Å². The fraction of sp³-hybridized carbons (Fsp3) is 0.900. The number of rotatable bonds is 8. The minimum absolute atomic E-state index is 0.673. The molecule has 0 aromatic heterocycles. The normalized spacial score (nSPS) is 10.2. The molecule has 0 aliphatic carbocycles. The van der Waals surface area contributed by atoms with Crippen molar-refractivity contribution in [2.45, 2.75) is 40.2 Å². The molecule has 0 unspecified atom stereocenters. The molecule has 0 aromatic rings. The van der Waals surface area contributed by atoms with Crippen molar-refractivity contribution in [1.29, 1.82) is 5.26 Å². The molecule has 0 heterocycles. The zero-order valence-corrected chi connectivity index (χ0v) is 12.5. The molecule has 96 valence electrons. The molecular weight excluding hydrogens is 242 g/mol. The van der Waals surface area contributed by atoms with Crippen LogP contribution in [-0.4, -0.2) is 28.6 Å². The quantitative estimate of drug-likeness (QED) is 0.416. The Morgan fingerprint density at radius 3 is 1.50 bits per heavy atom. The summed E-state index contributed by atoms with van der Waals surface area (Å²) >= 11 is 3.09. The lowest BCUT2D eigenvalue weighted by atomic mass is 10.6. The van der Waals surface area contributed by atoms with Crippen molar-refractivity contribution < 1.29 is 13.3 Å². The van der Waals surface area contributed by atoms with Crippen LogP contribution in [0.2, 0.25) is 6.04 Å². The van der Waals surface area contributed by atoms with Crippen molar-refractivity contribution in [2.24, 2.45) is 0 Å². The van der Waals surface area contributed by atoms with Gasteiger partial charge in [-0.1, -0.05) is 26.0 Å². The predicted octanol–water partition coefficient (Wildman–Crippen LogP) is 2.84. The van der Waals surface area contributed by atoms with Crippen LogP contribution in [0.15, 0.2) is 0 Å². The maximum absolute atomic E-state index is 7.18. The number of hydrogen-bond acceptors (Lipinski definition) is 5. The first-order valence-corrected chi connectivity index (χ1v) is 7.99. The number of nitriles is 1. The highest BCUT2D eigenvalue weighted by atomic mass is 32.1. The maximum atomic E-state index is 7.18.